The van der Waals surface area contributed by atoms with E-state index < -0.39 is 41.2 Å². The predicted molar refractivity (Wildman–Crippen MR) is 59.0 cm³/mol. The van der Waals surface area contributed by atoms with Crippen molar-refractivity contribution in [2.75, 3.05) is 0 Å². The van der Waals surface area contributed by atoms with Gasteiger partial charge in [0.25, 0.3) is 5.79 Å². The number of hydrogen-bond donors (Lipinski definition) is 0. The average Bonchev–Trinajstić information content (AvgIpc) is 2.80. The van der Waals surface area contributed by atoms with E-state index in [-0.39, 0.29) is 24.8 Å². The molecule has 4 unspecified atom stereocenters. The van der Waals surface area contributed by atoms with Crippen LogP contribution in [0, 0.1) is 17.3 Å². The minimum absolute atomic E-state index is 0.0814. The number of esters is 2. The summed E-state index contributed by atoms with van der Waals surface area (Å²) in [5, 5.41) is 0. The van der Waals surface area contributed by atoms with Crippen LogP contribution in [0.1, 0.15) is 26.2 Å². The molecule has 0 N–H and O–H groups in total. The largest absolute Gasteiger partial charge is 0.421 e. The lowest BCUT2D eigenvalue weighted by Crippen LogP contribution is -2.63. The van der Waals surface area contributed by atoms with Crippen molar-refractivity contribution >= 4 is 11.9 Å². The molecule has 2 heterocycles. The highest BCUT2D eigenvalue weighted by Crippen LogP contribution is 2.70. The van der Waals surface area contributed by atoms with Gasteiger partial charge in [-0.2, -0.15) is 13.2 Å². The van der Waals surface area contributed by atoms with Crippen LogP contribution in [-0.4, -0.2) is 23.9 Å². The molecule has 2 aliphatic heterocycles. The molecule has 2 aliphatic carbocycles. The van der Waals surface area contributed by atoms with Crippen molar-refractivity contribution in [1.82, 2.24) is 0 Å². The molecule has 2 saturated carbocycles. The third-order valence-electron chi connectivity index (χ3n) is 4.74. The molecule has 0 radical (unpaired) electrons. The summed E-state index contributed by atoms with van der Waals surface area (Å²) in [4.78, 5) is 23.5. The Hall–Kier alpha value is -1.53. The number of hydrogen-bond acceptors (Lipinski definition) is 4. The number of ether oxygens (including phenoxy) is 2. The van der Waals surface area contributed by atoms with Crippen molar-refractivity contribution in [2.24, 2.45) is 17.3 Å². The summed E-state index contributed by atoms with van der Waals surface area (Å²) < 4.78 is 49.8. The van der Waals surface area contributed by atoms with Gasteiger partial charge in [-0.15, -0.1) is 0 Å². The minimum atomic E-state index is -4.63. The fourth-order valence-corrected chi connectivity index (χ4v) is 3.76. The van der Waals surface area contributed by atoms with E-state index >= 15 is 0 Å². The summed E-state index contributed by atoms with van der Waals surface area (Å²) in [7, 11) is 0. The van der Waals surface area contributed by atoms with Gasteiger partial charge in [0, 0.05) is 17.9 Å². The van der Waals surface area contributed by atoms with Crippen LogP contribution in [0.4, 0.5) is 13.2 Å². The number of fused-ring (bicyclic) bond motifs is 1. The van der Waals surface area contributed by atoms with Gasteiger partial charge in [0.05, 0.1) is 0 Å². The zero-order valence-corrected chi connectivity index (χ0v) is 10.8. The van der Waals surface area contributed by atoms with Crippen LogP contribution in [0.2, 0.25) is 0 Å². The van der Waals surface area contributed by atoms with Gasteiger partial charge in [0.1, 0.15) is 0 Å². The van der Waals surface area contributed by atoms with Crippen molar-refractivity contribution < 1.29 is 32.2 Å². The Labute approximate surface area is 112 Å². The quantitative estimate of drug-likeness (QED) is 0.578. The number of alkyl halides is 3. The van der Waals surface area contributed by atoms with Gasteiger partial charge in [-0.05, 0) is 25.7 Å². The Kier molecular flexibility index (Phi) is 2.40. The van der Waals surface area contributed by atoms with Crippen LogP contribution in [0.5, 0.6) is 0 Å². The van der Waals surface area contributed by atoms with E-state index in [1.807, 2.05) is 0 Å². The first-order valence-electron chi connectivity index (χ1n) is 6.31. The van der Waals surface area contributed by atoms with Gasteiger partial charge >= 0.3 is 18.1 Å². The lowest BCUT2D eigenvalue weighted by atomic mass is 9.68. The summed E-state index contributed by atoms with van der Waals surface area (Å²) in [6.45, 7) is 4.84. The number of carbonyl (C=O) groups excluding carboxylic acids is 2. The Morgan fingerprint density at radius 2 is 2.05 bits per heavy atom. The maximum atomic E-state index is 13.2. The summed E-state index contributed by atoms with van der Waals surface area (Å²) in [6, 6.07) is 0. The minimum Gasteiger partial charge on any atom is -0.421 e. The van der Waals surface area contributed by atoms with Crippen molar-refractivity contribution in [3.8, 4) is 0 Å². The van der Waals surface area contributed by atoms with Crippen LogP contribution in [-0.2, 0) is 19.1 Å². The molecule has 4 bridgehead atoms. The first kappa shape index (κ1) is 13.5. The van der Waals surface area contributed by atoms with Gasteiger partial charge in [0.15, 0.2) is 5.41 Å². The molecule has 0 aromatic carbocycles. The first-order chi connectivity index (χ1) is 9.12. The Morgan fingerprint density at radius 1 is 1.40 bits per heavy atom. The van der Waals surface area contributed by atoms with E-state index in [4.69, 9.17) is 9.47 Å². The molecular formula is C13H13F3O4. The van der Waals surface area contributed by atoms with Gasteiger partial charge in [-0.3, -0.25) is 4.79 Å². The molecular weight excluding hydrogens is 277 g/mol. The summed E-state index contributed by atoms with van der Waals surface area (Å²) >= 11 is 0. The highest BCUT2D eigenvalue weighted by molar-refractivity contribution is 5.88. The molecule has 4 fully saturated rings. The van der Waals surface area contributed by atoms with Gasteiger partial charge < -0.3 is 9.47 Å². The van der Waals surface area contributed by atoms with Crippen LogP contribution in [0.3, 0.4) is 0 Å². The van der Waals surface area contributed by atoms with E-state index in [1.54, 1.807) is 0 Å². The SMILES string of the molecule is C=C(C)C(=O)OC12CC3CC1CC3(C(F)(F)F)C(=O)O2. The summed E-state index contributed by atoms with van der Waals surface area (Å²) in [5.41, 5.74) is -2.29. The topological polar surface area (TPSA) is 52.6 Å². The highest BCUT2D eigenvalue weighted by Gasteiger charge is 2.81. The number of halogens is 3. The lowest BCUT2D eigenvalue weighted by molar-refractivity contribution is -0.323. The van der Waals surface area contributed by atoms with Crippen molar-refractivity contribution in [3.05, 3.63) is 12.2 Å². The Balaban J connectivity index is 1.93. The molecule has 2 saturated heterocycles. The van der Waals surface area contributed by atoms with Crippen molar-refractivity contribution in [2.45, 2.75) is 38.1 Å². The van der Waals surface area contributed by atoms with Crippen LogP contribution < -0.4 is 0 Å². The van der Waals surface area contributed by atoms with E-state index in [1.165, 1.54) is 6.92 Å². The normalized spacial score (nSPS) is 41.7. The molecule has 4 atom stereocenters. The zero-order valence-electron chi connectivity index (χ0n) is 10.8. The monoisotopic (exact) mass is 290 g/mol. The Bertz CT molecular complexity index is 526. The predicted octanol–water partition coefficient (Wildman–Crippen LogP) is 2.34. The highest BCUT2D eigenvalue weighted by atomic mass is 19.4. The van der Waals surface area contributed by atoms with Crippen molar-refractivity contribution in [1.29, 1.82) is 0 Å². The van der Waals surface area contributed by atoms with Gasteiger partial charge in [-0.1, -0.05) is 6.58 Å². The van der Waals surface area contributed by atoms with Gasteiger partial charge in [-0.25, -0.2) is 4.79 Å². The van der Waals surface area contributed by atoms with E-state index in [2.05, 4.69) is 6.58 Å². The van der Waals surface area contributed by atoms with Crippen molar-refractivity contribution in [3.63, 3.8) is 0 Å². The van der Waals surface area contributed by atoms with Crippen LogP contribution in [0.15, 0.2) is 12.2 Å². The third kappa shape index (κ3) is 1.38. The molecule has 0 spiro atoms. The summed E-state index contributed by atoms with van der Waals surface area (Å²) in [5.74, 6) is -5.04. The smallest absolute Gasteiger partial charge is 0.405 e. The molecule has 4 aliphatic rings. The van der Waals surface area contributed by atoms with E-state index in [0.717, 1.165) is 0 Å². The van der Waals surface area contributed by atoms with E-state index in [9.17, 15) is 22.8 Å². The lowest BCUT2D eigenvalue weighted by Gasteiger charge is -2.49. The maximum absolute atomic E-state index is 13.2. The first-order valence-corrected chi connectivity index (χ1v) is 6.31. The van der Waals surface area contributed by atoms with Crippen LogP contribution >= 0.6 is 0 Å². The molecule has 110 valence electrons. The maximum Gasteiger partial charge on any atom is 0.405 e. The second-order valence-corrected chi connectivity index (χ2v) is 5.88. The zero-order chi connectivity index (χ0) is 14.9. The van der Waals surface area contributed by atoms with E-state index in [0.29, 0.717) is 0 Å². The van der Waals surface area contributed by atoms with Gasteiger partial charge in [0.2, 0.25) is 0 Å². The molecule has 0 amide bonds. The molecule has 0 aromatic heterocycles. The standard InChI is InChI=1S/C13H13F3O4/c1-6(2)9(17)19-12-5-7-3-8(12)4-11(7,10(18)20-12)13(14,15)16/h7-8H,1,3-5H2,2H3. The molecule has 4 nitrogen and oxygen atoms in total. The second kappa shape index (κ2) is 3.56. The molecule has 7 heteroatoms. The number of carbonyl (C=O) groups is 2. The number of rotatable bonds is 2. The molecule has 0 aromatic rings. The van der Waals surface area contributed by atoms with Crippen LogP contribution in [0.25, 0.3) is 0 Å². The third-order valence-corrected chi connectivity index (χ3v) is 4.74. The second-order valence-electron chi connectivity index (χ2n) is 5.88. The fraction of sp³-hybridized carbons (Fsp3) is 0.692. The average molecular weight is 290 g/mol. The Morgan fingerprint density at radius 3 is 2.50 bits per heavy atom. The molecule has 4 rings (SSSR count). The summed E-state index contributed by atoms with van der Waals surface area (Å²) in [6.07, 6.45) is -4.88. The molecule has 20 heavy (non-hydrogen) atoms. The fourth-order valence-electron chi connectivity index (χ4n) is 3.76.